The van der Waals surface area contributed by atoms with Gasteiger partial charge in [-0.15, -0.1) is 0 Å². The normalized spacial score (nSPS) is 18.6. The number of carbonyl (C=O) groups excluding carboxylic acids is 1. The zero-order valence-corrected chi connectivity index (χ0v) is 11.7. The van der Waals surface area contributed by atoms with Crippen LogP contribution in [0.5, 0.6) is 0 Å². The minimum atomic E-state index is 0.0654. The molecule has 0 radical (unpaired) electrons. The third kappa shape index (κ3) is 2.35. The fourth-order valence-corrected chi connectivity index (χ4v) is 2.61. The molecule has 2 heterocycles. The third-order valence-electron chi connectivity index (χ3n) is 3.19. The van der Waals surface area contributed by atoms with Crippen LogP contribution in [0, 0.1) is 0 Å². The highest BCUT2D eigenvalue weighted by atomic mass is 79.9. The number of halogens is 1. The van der Waals surface area contributed by atoms with Crippen molar-refractivity contribution in [3.05, 3.63) is 28.9 Å². The van der Waals surface area contributed by atoms with E-state index >= 15 is 0 Å². The molecule has 1 fully saturated rings. The maximum atomic E-state index is 11.2. The van der Waals surface area contributed by atoms with E-state index in [1.807, 2.05) is 18.2 Å². The summed E-state index contributed by atoms with van der Waals surface area (Å²) in [6.07, 6.45) is 2.11. The van der Waals surface area contributed by atoms with Crippen molar-refractivity contribution in [2.24, 2.45) is 0 Å². The van der Waals surface area contributed by atoms with Crippen LogP contribution in [0.25, 0.3) is 10.9 Å². The summed E-state index contributed by atoms with van der Waals surface area (Å²) >= 11 is 3.45. The number of hydrogen-bond acceptors (Lipinski definition) is 4. The number of fused-ring (bicyclic) bond motifs is 1. The largest absolute Gasteiger partial charge is 0.396 e. The second-order valence-corrected chi connectivity index (χ2v) is 5.52. The number of hydrogen-bond donors (Lipinski definition) is 3. The highest BCUT2D eigenvalue weighted by Crippen LogP contribution is 2.31. The maximum Gasteiger partial charge on any atom is 0.222 e. The number of nitrogen functional groups attached to an aromatic ring is 1. The Balaban J connectivity index is 2.03. The van der Waals surface area contributed by atoms with Gasteiger partial charge in [0.05, 0.1) is 29.1 Å². The molecule has 1 aliphatic rings. The van der Waals surface area contributed by atoms with Crippen LogP contribution in [-0.4, -0.2) is 23.5 Å². The summed E-state index contributed by atoms with van der Waals surface area (Å²) in [5.41, 5.74) is 8.30. The Hall–Kier alpha value is -1.82. The SMILES string of the molecule is Nc1cnc2ccc(Br)cc2c1NC1CNC(=O)C1. The minimum Gasteiger partial charge on any atom is -0.396 e. The van der Waals surface area contributed by atoms with Crippen LogP contribution in [0.1, 0.15) is 6.42 Å². The van der Waals surface area contributed by atoms with E-state index in [1.54, 1.807) is 6.20 Å². The van der Waals surface area contributed by atoms with Gasteiger partial charge in [0, 0.05) is 22.8 Å². The Labute approximate surface area is 118 Å². The van der Waals surface area contributed by atoms with Crippen LogP contribution in [0.3, 0.4) is 0 Å². The second-order valence-electron chi connectivity index (χ2n) is 4.60. The highest BCUT2D eigenvalue weighted by Gasteiger charge is 2.22. The van der Waals surface area contributed by atoms with Gasteiger partial charge in [0.1, 0.15) is 0 Å². The summed E-state index contributed by atoms with van der Waals surface area (Å²) < 4.78 is 0.969. The molecule has 1 unspecified atom stereocenters. The summed E-state index contributed by atoms with van der Waals surface area (Å²) in [5, 5.41) is 7.09. The first-order valence-electron chi connectivity index (χ1n) is 6.00. The average Bonchev–Trinajstić information content (AvgIpc) is 2.79. The fourth-order valence-electron chi connectivity index (χ4n) is 2.25. The fraction of sp³-hybridized carbons (Fsp3) is 0.231. The van der Waals surface area contributed by atoms with E-state index in [1.165, 1.54) is 0 Å². The van der Waals surface area contributed by atoms with Crippen LogP contribution in [0.15, 0.2) is 28.9 Å². The van der Waals surface area contributed by atoms with Gasteiger partial charge in [-0.05, 0) is 18.2 Å². The van der Waals surface area contributed by atoms with Gasteiger partial charge >= 0.3 is 0 Å². The zero-order valence-electron chi connectivity index (χ0n) is 10.1. The number of nitrogens with zero attached hydrogens (tertiary/aromatic N) is 1. The molecule has 0 aliphatic carbocycles. The van der Waals surface area contributed by atoms with Gasteiger partial charge in [0.25, 0.3) is 0 Å². The summed E-state index contributed by atoms with van der Waals surface area (Å²) in [4.78, 5) is 15.5. The molecule has 0 bridgehead atoms. The van der Waals surface area contributed by atoms with E-state index in [0.29, 0.717) is 18.7 Å². The molecule has 1 aromatic heterocycles. The molecule has 6 heteroatoms. The van der Waals surface area contributed by atoms with Crippen LogP contribution in [0.4, 0.5) is 11.4 Å². The first-order chi connectivity index (χ1) is 9.13. The third-order valence-corrected chi connectivity index (χ3v) is 3.68. The molecule has 1 aromatic carbocycles. The van der Waals surface area contributed by atoms with E-state index in [4.69, 9.17) is 5.73 Å². The molecule has 4 N–H and O–H groups in total. The molecule has 1 amide bonds. The lowest BCUT2D eigenvalue weighted by Gasteiger charge is -2.16. The number of rotatable bonds is 2. The molecule has 3 rings (SSSR count). The lowest BCUT2D eigenvalue weighted by molar-refractivity contribution is -0.119. The van der Waals surface area contributed by atoms with Gasteiger partial charge in [-0.1, -0.05) is 15.9 Å². The summed E-state index contributed by atoms with van der Waals surface area (Å²) in [7, 11) is 0. The molecule has 98 valence electrons. The van der Waals surface area contributed by atoms with Crippen molar-refractivity contribution in [1.82, 2.24) is 10.3 Å². The predicted molar refractivity (Wildman–Crippen MR) is 78.9 cm³/mol. The van der Waals surface area contributed by atoms with Gasteiger partial charge < -0.3 is 16.4 Å². The molecule has 0 saturated carbocycles. The molecular weight excluding hydrogens is 308 g/mol. The minimum absolute atomic E-state index is 0.0654. The molecule has 0 spiro atoms. The Morgan fingerprint density at radius 3 is 3.05 bits per heavy atom. The predicted octanol–water partition coefficient (Wildman–Crippen LogP) is 1.88. The maximum absolute atomic E-state index is 11.2. The standard InChI is InChI=1S/C13H13BrN4O/c14-7-1-2-11-9(3-7)13(10(15)6-16-11)18-8-4-12(19)17-5-8/h1-3,6,8H,4-5,15H2,(H,16,18)(H,17,19). The number of pyridine rings is 1. The molecule has 19 heavy (non-hydrogen) atoms. The van der Waals surface area contributed by atoms with Crippen molar-refractivity contribution in [1.29, 1.82) is 0 Å². The van der Waals surface area contributed by atoms with Gasteiger partial charge in [-0.2, -0.15) is 0 Å². The number of carbonyl (C=O) groups is 1. The summed E-state index contributed by atoms with van der Waals surface area (Å²) in [6.45, 7) is 0.621. The van der Waals surface area contributed by atoms with Gasteiger partial charge in [0.2, 0.25) is 5.91 Å². The number of anilines is 2. The smallest absolute Gasteiger partial charge is 0.222 e. The van der Waals surface area contributed by atoms with E-state index in [9.17, 15) is 4.79 Å². The number of nitrogens with two attached hydrogens (primary N) is 1. The van der Waals surface area contributed by atoms with Crippen molar-refractivity contribution >= 4 is 44.1 Å². The number of amides is 1. The van der Waals surface area contributed by atoms with E-state index in [2.05, 4.69) is 31.5 Å². The van der Waals surface area contributed by atoms with E-state index < -0.39 is 0 Å². The lowest BCUT2D eigenvalue weighted by Crippen LogP contribution is -2.23. The van der Waals surface area contributed by atoms with Crippen LogP contribution in [-0.2, 0) is 4.79 Å². The molecule has 1 saturated heterocycles. The van der Waals surface area contributed by atoms with Crippen molar-refractivity contribution in [2.45, 2.75) is 12.5 Å². The van der Waals surface area contributed by atoms with Crippen molar-refractivity contribution in [3.8, 4) is 0 Å². The molecule has 1 aliphatic heterocycles. The molecule has 5 nitrogen and oxygen atoms in total. The quantitative estimate of drug-likeness (QED) is 0.789. The number of nitrogens with one attached hydrogen (secondary N) is 2. The topological polar surface area (TPSA) is 80.0 Å². The zero-order chi connectivity index (χ0) is 13.4. The van der Waals surface area contributed by atoms with Crippen LogP contribution < -0.4 is 16.4 Å². The number of aromatic nitrogens is 1. The molecule has 1 atom stereocenters. The van der Waals surface area contributed by atoms with E-state index in [-0.39, 0.29) is 11.9 Å². The monoisotopic (exact) mass is 320 g/mol. The van der Waals surface area contributed by atoms with Gasteiger partial charge in [-0.3, -0.25) is 9.78 Å². The second kappa shape index (κ2) is 4.70. The average molecular weight is 321 g/mol. The van der Waals surface area contributed by atoms with Gasteiger partial charge in [0.15, 0.2) is 0 Å². The first kappa shape index (κ1) is 12.2. The molecule has 2 aromatic rings. The van der Waals surface area contributed by atoms with Crippen molar-refractivity contribution < 1.29 is 4.79 Å². The summed E-state index contributed by atoms with van der Waals surface area (Å²) in [5.74, 6) is 0.0654. The number of benzene rings is 1. The lowest BCUT2D eigenvalue weighted by atomic mass is 10.1. The Morgan fingerprint density at radius 1 is 1.47 bits per heavy atom. The Morgan fingerprint density at radius 2 is 2.32 bits per heavy atom. The van der Waals surface area contributed by atoms with E-state index in [0.717, 1.165) is 21.1 Å². The molecular formula is C13H13BrN4O. The van der Waals surface area contributed by atoms with Crippen LogP contribution >= 0.6 is 15.9 Å². The summed E-state index contributed by atoms with van der Waals surface area (Å²) in [6, 6.07) is 5.92. The van der Waals surface area contributed by atoms with Crippen molar-refractivity contribution in [2.75, 3.05) is 17.6 Å². The van der Waals surface area contributed by atoms with Crippen molar-refractivity contribution in [3.63, 3.8) is 0 Å². The highest BCUT2D eigenvalue weighted by molar-refractivity contribution is 9.10. The van der Waals surface area contributed by atoms with Crippen LogP contribution in [0.2, 0.25) is 0 Å². The Bertz CT molecular complexity index is 653. The van der Waals surface area contributed by atoms with Gasteiger partial charge in [-0.25, -0.2) is 0 Å². The Kier molecular flexibility index (Phi) is 3.02. The first-order valence-corrected chi connectivity index (χ1v) is 6.80.